The van der Waals surface area contributed by atoms with Crippen LogP contribution in [0.3, 0.4) is 0 Å². The van der Waals surface area contributed by atoms with Gasteiger partial charge in [-0.2, -0.15) is 0 Å². The summed E-state index contributed by atoms with van der Waals surface area (Å²) in [6.07, 6.45) is 9.47. The molecule has 0 amide bonds. The lowest BCUT2D eigenvalue weighted by atomic mass is 9.83. The molecule has 184 valence electrons. The second-order valence-corrected chi connectivity index (χ2v) is 10.1. The van der Waals surface area contributed by atoms with Crippen LogP contribution in [-0.4, -0.2) is 44.5 Å². The van der Waals surface area contributed by atoms with Crippen LogP contribution < -0.4 is 0 Å². The molecule has 2 heterocycles. The summed E-state index contributed by atoms with van der Waals surface area (Å²) in [5.74, 6) is -0.586. The van der Waals surface area contributed by atoms with Gasteiger partial charge in [-0.25, -0.2) is 4.79 Å². The first-order chi connectivity index (χ1) is 17.0. The average Bonchev–Trinajstić information content (AvgIpc) is 3.14. The number of aromatic carboxylic acids is 1. The van der Waals surface area contributed by atoms with Crippen LogP contribution in [0.25, 0.3) is 10.9 Å². The first-order valence-corrected chi connectivity index (χ1v) is 13.0. The molecule has 2 N–H and O–H groups in total. The molecule has 35 heavy (non-hydrogen) atoms. The van der Waals surface area contributed by atoms with E-state index in [1.807, 2.05) is 7.05 Å². The third kappa shape index (κ3) is 4.98. The van der Waals surface area contributed by atoms with Gasteiger partial charge in [-0.1, -0.05) is 37.8 Å². The highest BCUT2D eigenvalue weighted by molar-refractivity contribution is 6.15. The Morgan fingerprint density at radius 1 is 0.971 bits per heavy atom. The van der Waals surface area contributed by atoms with Crippen LogP contribution in [0, 0.1) is 5.92 Å². The van der Waals surface area contributed by atoms with Crippen molar-refractivity contribution >= 4 is 28.3 Å². The molecule has 3 aromatic rings. The SMILES string of the molecule is Cn1c(O)c(C(=Nc2ccc(CN3CCCCC3)cc2)C2CCCCC2)c2cc(C(=O)O)ccc21. The molecular formula is C29H35N3O3. The van der Waals surface area contributed by atoms with Gasteiger partial charge in [0.2, 0.25) is 5.88 Å². The number of hydrogen-bond acceptors (Lipinski definition) is 4. The van der Waals surface area contributed by atoms with Gasteiger partial charge in [-0.15, -0.1) is 0 Å². The minimum atomic E-state index is -0.971. The number of nitrogens with zero attached hydrogens (tertiary/aromatic N) is 3. The number of likely N-dealkylation sites (tertiary alicyclic amines) is 1. The highest BCUT2D eigenvalue weighted by Gasteiger charge is 2.28. The number of carbonyl (C=O) groups is 1. The van der Waals surface area contributed by atoms with Crippen molar-refractivity contribution in [2.45, 2.75) is 57.9 Å². The molecule has 0 spiro atoms. The minimum absolute atomic E-state index is 0.147. The maximum absolute atomic E-state index is 11.7. The molecule has 6 nitrogen and oxygen atoms in total. The fraction of sp³-hybridized carbons (Fsp3) is 0.448. The Labute approximate surface area is 206 Å². The normalized spacial score (nSPS) is 18.3. The predicted molar refractivity (Wildman–Crippen MR) is 140 cm³/mol. The zero-order valence-electron chi connectivity index (χ0n) is 20.5. The lowest BCUT2D eigenvalue weighted by molar-refractivity contribution is 0.0697. The molecule has 2 aromatic carbocycles. The number of carboxylic acid groups (broad SMARTS) is 1. The number of benzene rings is 2. The fourth-order valence-electron chi connectivity index (χ4n) is 5.73. The molecular weight excluding hydrogens is 438 g/mol. The van der Waals surface area contributed by atoms with Crippen molar-refractivity contribution in [3.63, 3.8) is 0 Å². The van der Waals surface area contributed by atoms with Crippen LogP contribution in [0.5, 0.6) is 5.88 Å². The van der Waals surface area contributed by atoms with Crippen LogP contribution in [0.1, 0.15) is 72.9 Å². The van der Waals surface area contributed by atoms with Gasteiger partial charge < -0.3 is 14.8 Å². The third-order valence-corrected chi connectivity index (χ3v) is 7.70. The van der Waals surface area contributed by atoms with E-state index in [0.29, 0.717) is 5.56 Å². The number of rotatable bonds is 6. The van der Waals surface area contributed by atoms with Gasteiger partial charge in [-0.3, -0.25) is 9.89 Å². The van der Waals surface area contributed by atoms with Crippen LogP contribution in [0.15, 0.2) is 47.5 Å². The molecule has 0 atom stereocenters. The molecule has 1 saturated heterocycles. The summed E-state index contributed by atoms with van der Waals surface area (Å²) in [5.41, 5.74) is 4.74. The number of fused-ring (bicyclic) bond motifs is 1. The Morgan fingerprint density at radius 2 is 1.66 bits per heavy atom. The smallest absolute Gasteiger partial charge is 0.335 e. The molecule has 6 heteroatoms. The molecule has 1 aliphatic heterocycles. The van der Waals surface area contributed by atoms with Crippen molar-refractivity contribution in [3.05, 3.63) is 59.2 Å². The van der Waals surface area contributed by atoms with E-state index in [-0.39, 0.29) is 17.4 Å². The number of carboxylic acids is 1. The molecule has 0 bridgehead atoms. The summed E-state index contributed by atoms with van der Waals surface area (Å²) in [5, 5.41) is 21.5. The Morgan fingerprint density at radius 3 is 2.34 bits per heavy atom. The highest BCUT2D eigenvalue weighted by Crippen LogP contribution is 2.38. The Hall–Kier alpha value is -3.12. The second kappa shape index (κ2) is 10.2. The maximum Gasteiger partial charge on any atom is 0.335 e. The van der Waals surface area contributed by atoms with Crippen LogP contribution >= 0.6 is 0 Å². The van der Waals surface area contributed by atoms with E-state index >= 15 is 0 Å². The van der Waals surface area contributed by atoms with Crippen molar-refractivity contribution in [1.29, 1.82) is 0 Å². The highest BCUT2D eigenvalue weighted by atomic mass is 16.4. The molecule has 5 rings (SSSR count). The van der Waals surface area contributed by atoms with Gasteiger partial charge in [0.15, 0.2) is 0 Å². The fourth-order valence-corrected chi connectivity index (χ4v) is 5.73. The van der Waals surface area contributed by atoms with E-state index in [2.05, 4.69) is 29.2 Å². The zero-order valence-corrected chi connectivity index (χ0v) is 20.5. The predicted octanol–water partition coefficient (Wildman–Crippen LogP) is 6.27. The molecule has 0 radical (unpaired) electrons. The Bertz CT molecular complexity index is 1230. The topological polar surface area (TPSA) is 78.1 Å². The van der Waals surface area contributed by atoms with E-state index in [0.717, 1.165) is 54.5 Å². The first-order valence-electron chi connectivity index (χ1n) is 13.0. The minimum Gasteiger partial charge on any atom is -0.494 e. The van der Waals surface area contributed by atoms with Gasteiger partial charge in [0.1, 0.15) is 0 Å². The summed E-state index contributed by atoms with van der Waals surface area (Å²) < 4.78 is 1.73. The Balaban J connectivity index is 1.54. The zero-order chi connectivity index (χ0) is 24.4. The van der Waals surface area contributed by atoms with Gasteiger partial charge in [0.25, 0.3) is 0 Å². The number of aliphatic imine (C=N–C) groups is 1. The maximum atomic E-state index is 11.7. The summed E-state index contributed by atoms with van der Waals surface area (Å²) >= 11 is 0. The van der Waals surface area contributed by atoms with Crippen LogP contribution in [-0.2, 0) is 13.6 Å². The Kier molecular flexibility index (Phi) is 6.91. The van der Waals surface area contributed by atoms with Crippen molar-refractivity contribution in [1.82, 2.24) is 9.47 Å². The molecule has 1 saturated carbocycles. The van der Waals surface area contributed by atoms with Crippen molar-refractivity contribution in [3.8, 4) is 5.88 Å². The van der Waals surface area contributed by atoms with Crippen LogP contribution in [0.2, 0.25) is 0 Å². The third-order valence-electron chi connectivity index (χ3n) is 7.70. The number of hydrogen-bond donors (Lipinski definition) is 2. The van der Waals surface area contributed by atoms with Gasteiger partial charge in [-0.05, 0) is 74.7 Å². The average molecular weight is 474 g/mol. The van der Waals surface area contributed by atoms with E-state index in [1.165, 1.54) is 44.3 Å². The number of aromatic nitrogens is 1. The first kappa shape index (κ1) is 23.6. The van der Waals surface area contributed by atoms with E-state index in [9.17, 15) is 15.0 Å². The lowest BCUT2D eigenvalue weighted by Gasteiger charge is -2.26. The summed E-state index contributed by atoms with van der Waals surface area (Å²) in [4.78, 5) is 19.3. The van der Waals surface area contributed by atoms with Crippen molar-refractivity contribution in [2.24, 2.45) is 18.0 Å². The largest absolute Gasteiger partial charge is 0.494 e. The molecule has 2 aliphatic rings. The van der Waals surface area contributed by atoms with E-state index < -0.39 is 5.97 Å². The molecule has 1 aromatic heterocycles. The number of aromatic hydroxyl groups is 1. The quantitative estimate of drug-likeness (QED) is 0.414. The van der Waals surface area contributed by atoms with E-state index in [4.69, 9.17) is 4.99 Å². The summed E-state index contributed by atoms with van der Waals surface area (Å²) in [6.45, 7) is 3.32. The number of aryl methyl sites for hydroxylation is 1. The van der Waals surface area contributed by atoms with E-state index in [1.54, 1.807) is 22.8 Å². The van der Waals surface area contributed by atoms with Crippen molar-refractivity contribution in [2.75, 3.05) is 13.1 Å². The second-order valence-electron chi connectivity index (χ2n) is 10.1. The molecule has 1 aliphatic carbocycles. The van der Waals surface area contributed by atoms with Crippen LogP contribution in [0.4, 0.5) is 5.69 Å². The van der Waals surface area contributed by atoms with Gasteiger partial charge in [0.05, 0.1) is 28.0 Å². The van der Waals surface area contributed by atoms with Gasteiger partial charge >= 0.3 is 5.97 Å². The summed E-state index contributed by atoms with van der Waals surface area (Å²) in [6, 6.07) is 13.5. The molecule has 2 fully saturated rings. The monoisotopic (exact) mass is 473 g/mol. The van der Waals surface area contributed by atoms with Gasteiger partial charge in [0, 0.05) is 24.9 Å². The lowest BCUT2D eigenvalue weighted by Crippen LogP contribution is -2.28. The van der Waals surface area contributed by atoms with Crippen molar-refractivity contribution < 1.29 is 15.0 Å². The molecule has 0 unspecified atom stereocenters. The number of piperidine rings is 1. The summed E-state index contributed by atoms with van der Waals surface area (Å²) in [7, 11) is 1.81. The standard InChI is InChI=1S/C29H35N3O3/c1-31-25-15-12-22(29(34)35)18-24(25)26(28(31)33)27(21-8-4-2-5-9-21)30-23-13-10-20(11-14-23)19-32-16-6-3-7-17-32/h10-15,18,21,33H,2-9,16-17,19H2,1H3,(H,34,35).